The summed E-state index contributed by atoms with van der Waals surface area (Å²) in [6.45, 7) is 14.2. The lowest BCUT2D eigenvalue weighted by Crippen LogP contribution is -2.33. The highest BCUT2D eigenvalue weighted by molar-refractivity contribution is 7.99. The van der Waals surface area contributed by atoms with Gasteiger partial charge in [0.15, 0.2) is 5.82 Å². The first-order valence-electron chi connectivity index (χ1n) is 7.57. The van der Waals surface area contributed by atoms with Gasteiger partial charge < -0.3 is 9.84 Å². The maximum Gasteiger partial charge on any atom is 0.231 e. The van der Waals surface area contributed by atoms with Crippen molar-refractivity contribution in [3.63, 3.8) is 0 Å². The zero-order valence-electron chi connectivity index (χ0n) is 13.7. The van der Waals surface area contributed by atoms with E-state index in [4.69, 9.17) is 4.52 Å². The van der Waals surface area contributed by atoms with Crippen molar-refractivity contribution in [1.82, 2.24) is 15.5 Å². The van der Waals surface area contributed by atoms with Gasteiger partial charge in [0, 0.05) is 10.8 Å². The van der Waals surface area contributed by atoms with E-state index in [1.165, 1.54) is 0 Å². The normalized spacial score (nSPS) is 15.3. The topological polar surface area (TPSA) is 51.0 Å². The van der Waals surface area contributed by atoms with Crippen LogP contribution < -0.4 is 5.32 Å². The van der Waals surface area contributed by atoms with Crippen molar-refractivity contribution in [3.8, 4) is 0 Å². The molecule has 1 N–H and O–H groups in total. The summed E-state index contributed by atoms with van der Waals surface area (Å²) in [6, 6.07) is 0.401. The Hall–Kier alpha value is -0.550. The van der Waals surface area contributed by atoms with E-state index >= 15 is 0 Å². The molecule has 1 aromatic heterocycles. The van der Waals surface area contributed by atoms with Crippen molar-refractivity contribution in [3.05, 3.63) is 11.7 Å². The van der Waals surface area contributed by atoms with Crippen LogP contribution in [0.4, 0.5) is 0 Å². The van der Waals surface area contributed by atoms with E-state index in [-0.39, 0.29) is 10.7 Å². The Bertz CT molecular complexity index is 387. The Kier molecular flexibility index (Phi) is 7.03. The largest absolute Gasteiger partial charge is 0.339 e. The van der Waals surface area contributed by atoms with Crippen LogP contribution in [-0.2, 0) is 5.75 Å². The number of aromatic nitrogens is 2. The molecule has 0 fully saturated rings. The number of rotatable bonds is 8. The second-order valence-corrected chi connectivity index (χ2v) is 8.01. The van der Waals surface area contributed by atoms with Crippen LogP contribution >= 0.6 is 11.8 Å². The number of nitrogens with one attached hydrogen (secondary N) is 1. The summed E-state index contributed by atoms with van der Waals surface area (Å²) in [5, 5.41) is 7.65. The van der Waals surface area contributed by atoms with Gasteiger partial charge in [-0.3, -0.25) is 0 Å². The fraction of sp³-hybridized carbons (Fsp3) is 0.867. The van der Waals surface area contributed by atoms with Gasteiger partial charge in [0.2, 0.25) is 5.89 Å². The number of hydrogen-bond acceptors (Lipinski definition) is 5. The molecule has 0 spiro atoms. The van der Waals surface area contributed by atoms with Gasteiger partial charge in [-0.15, -0.1) is 11.8 Å². The summed E-state index contributed by atoms with van der Waals surface area (Å²) >= 11 is 1.84. The molecule has 4 nitrogen and oxygen atoms in total. The first-order valence-corrected chi connectivity index (χ1v) is 8.55. The summed E-state index contributed by atoms with van der Waals surface area (Å²) in [4.78, 5) is 4.55. The summed E-state index contributed by atoms with van der Waals surface area (Å²) < 4.78 is 5.66. The molecule has 116 valence electrons. The van der Waals surface area contributed by atoms with E-state index in [0.717, 1.165) is 36.9 Å². The summed E-state index contributed by atoms with van der Waals surface area (Å²) in [6.07, 6.45) is 2.20. The van der Waals surface area contributed by atoms with Crippen LogP contribution in [0.2, 0.25) is 0 Å². The minimum atomic E-state index is 0.223. The molecule has 1 aromatic rings. The van der Waals surface area contributed by atoms with E-state index in [0.29, 0.717) is 6.04 Å². The van der Waals surface area contributed by atoms with Gasteiger partial charge in [-0.05, 0) is 19.4 Å². The third-order valence-corrected chi connectivity index (χ3v) is 4.48. The minimum Gasteiger partial charge on any atom is -0.339 e. The van der Waals surface area contributed by atoms with Gasteiger partial charge >= 0.3 is 0 Å². The van der Waals surface area contributed by atoms with Crippen LogP contribution in [0.1, 0.15) is 72.0 Å². The molecule has 0 saturated heterocycles. The zero-order chi connectivity index (χ0) is 15.2. The van der Waals surface area contributed by atoms with E-state index in [2.05, 4.69) is 57.0 Å². The molecule has 0 radical (unpaired) electrons. The molecule has 0 saturated carbocycles. The highest BCUT2D eigenvalue weighted by Gasteiger charge is 2.23. The quantitative estimate of drug-likeness (QED) is 0.786. The van der Waals surface area contributed by atoms with Gasteiger partial charge in [-0.2, -0.15) is 4.98 Å². The molecule has 2 atom stereocenters. The van der Waals surface area contributed by atoms with Gasteiger partial charge in [0.25, 0.3) is 0 Å². The molecular weight excluding hydrogens is 270 g/mol. The average Bonchev–Trinajstić information content (AvgIpc) is 2.85. The molecule has 2 unspecified atom stereocenters. The summed E-state index contributed by atoms with van der Waals surface area (Å²) in [5.74, 6) is 2.62. The van der Waals surface area contributed by atoms with Gasteiger partial charge in [0.1, 0.15) is 0 Å². The molecule has 0 aliphatic carbocycles. The zero-order valence-corrected chi connectivity index (χ0v) is 14.5. The van der Waals surface area contributed by atoms with E-state index in [1.807, 2.05) is 11.8 Å². The van der Waals surface area contributed by atoms with Crippen LogP contribution in [0.15, 0.2) is 4.52 Å². The van der Waals surface area contributed by atoms with Crippen molar-refractivity contribution < 1.29 is 4.52 Å². The highest BCUT2D eigenvalue weighted by Crippen LogP contribution is 2.27. The summed E-state index contributed by atoms with van der Waals surface area (Å²) in [7, 11) is 0. The molecule has 0 aliphatic rings. The predicted molar refractivity (Wildman–Crippen MR) is 86.1 cm³/mol. The molecule has 0 amide bonds. The van der Waals surface area contributed by atoms with Crippen molar-refractivity contribution in [2.45, 2.75) is 76.8 Å². The van der Waals surface area contributed by atoms with Crippen LogP contribution in [0, 0.1) is 0 Å². The van der Waals surface area contributed by atoms with Gasteiger partial charge in [0.05, 0.1) is 11.7 Å². The SMILES string of the molecule is CCCNC(CC)C(C)c1nc(CSC(C)(C)C)no1. The second-order valence-electron chi connectivity index (χ2n) is 6.21. The first-order chi connectivity index (χ1) is 9.37. The van der Waals surface area contributed by atoms with E-state index in [9.17, 15) is 0 Å². The first kappa shape index (κ1) is 17.5. The predicted octanol–water partition coefficient (Wildman–Crippen LogP) is 3.98. The minimum absolute atomic E-state index is 0.223. The third-order valence-electron chi connectivity index (χ3n) is 3.21. The number of hydrogen-bond donors (Lipinski definition) is 1. The Morgan fingerprint density at radius 1 is 1.30 bits per heavy atom. The smallest absolute Gasteiger partial charge is 0.231 e. The van der Waals surface area contributed by atoms with Crippen molar-refractivity contribution in [1.29, 1.82) is 0 Å². The molecule has 0 aliphatic heterocycles. The number of thioether (sulfide) groups is 1. The maximum atomic E-state index is 5.44. The average molecular weight is 299 g/mol. The van der Waals surface area contributed by atoms with E-state index in [1.54, 1.807) is 0 Å². The lowest BCUT2D eigenvalue weighted by atomic mass is 9.99. The van der Waals surface area contributed by atoms with Crippen molar-refractivity contribution >= 4 is 11.8 Å². The molecule has 0 aromatic carbocycles. The lowest BCUT2D eigenvalue weighted by Gasteiger charge is -2.20. The molecule has 1 rings (SSSR count). The molecule has 5 heteroatoms. The van der Waals surface area contributed by atoms with Gasteiger partial charge in [-0.25, -0.2) is 0 Å². The van der Waals surface area contributed by atoms with Crippen LogP contribution in [0.25, 0.3) is 0 Å². The van der Waals surface area contributed by atoms with Crippen molar-refractivity contribution in [2.75, 3.05) is 6.54 Å². The van der Waals surface area contributed by atoms with E-state index < -0.39 is 0 Å². The number of nitrogens with zero attached hydrogens (tertiary/aromatic N) is 2. The molecule has 20 heavy (non-hydrogen) atoms. The Morgan fingerprint density at radius 2 is 2.00 bits per heavy atom. The van der Waals surface area contributed by atoms with Crippen molar-refractivity contribution in [2.24, 2.45) is 0 Å². The Morgan fingerprint density at radius 3 is 2.55 bits per heavy atom. The maximum absolute atomic E-state index is 5.44. The fourth-order valence-electron chi connectivity index (χ4n) is 1.97. The second kappa shape index (κ2) is 8.03. The van der Waals surface area contributed by atoms with Gasteiger partial charge in [-0.1, -0.05) is 46.7 Å². The van der Waals surface area contributed by atoms with Crippen LogP contribution in [0.3, 0.4) is 0 Å². The lowest BCUT2D eigenvalue weighted by molar-refractivity contribution is 0.318. The molecule has 0 bridgehead atoms. The monoisotopic (exact) mass is 299 g/mol. The third kappa shape index (κ3) is 5.83. The highest BCUT2D eigenvalue weighted by atomic mass is 32.2. The fourth-order valence-corrected chi connectivity index (χ4v) is 2.65. The Balaban J connectivity index is 2.60. The summed E-state index contributed by atoms with van der Waals surface area (Å²) in [5.41, 5.74) is 0. The Labute approximate surface area is 127 Å². The standard InChI is InChI=1S/C15H29N3OS/c1-7-9-16-12(8-2)11(3)14-17-13(18-19-14)10-20-15(4,5)6/h11-12,16H,7-10H2,1-6H3. The molecule has 1 heterocycles. The van der Waals surface area contributed by atoms with Crippen LogP contribution in [0.5, 0.6) is 0 Å². The molecular formula is C15H29N3OS. The van der Waals surface area contributed by atoms with Crippen LogP contribution in [-0.4, -0.2) is 27.5 Å².